The maximum atomic E-state index is 15.6. The van der Waals surface area contributed by atoms with Crippen LogP contribution in [-0.4, -0.2) is 46.1 Å². The average Bonchev–Trinajstić information content (AvgIpc) is 3.82. The van der Waals surface area contributed by atoms with Gasteiger partial charge in [-0.25, -0.2) is 0 Å². The Morgan fingerprint density at radius 1 is 0.741 bits per heavy atom. The van der Waals surface area contributed by atoms with E-state index in [1.54, 1.807) is 68.1 Å². The van der Waals surface area contributed by atoms with Gasteiger partial charge in [0, 0.05) is 69.7 Å². The zero-order chi connectivity index (χ0) is 39.1. The normalized spacial score (nSPS) is 11.9. The number of nitrogens with zero attached hydrogens (tertiary/aromatic N) is 8. The summed E-state index contributed by atoms with van der Waals surface area (Å²) in [6, 6.07) is 14.1. The molecule has 2 amide bonds. The molecule has 0 atom stereocenters. The first-order valence-corrected chi connectivity index (χ1v) is 16.0. The third kappa shape index (κ3) is 7.83. The third-order valence-electron chi connectivity index (χ3n) is 8.46. The summed E-state index contributed by atoms with van der Waals surface area (Å²) in [5.74, 6) is -1.90. The third-order valence-corrected chi connectivity index (χ3v) is 8.46. The minimum Gasteiger partial charge on any atom is -0.346 e. The van der Waals surface area contributed by atoms with E-state index in [4.69, 9.17) is 0 Å². The molecule has 2 N–H and O–H groups in total. The van der Waals surface area contributed by atoms with Gasteiger partial charge in [0.1, 0.15) is 11.4 Å². The van der Waals surface area contributed by atoms with Crippen LogP contribution in [0.2, 0.25) is 0 Å². The highest BCUT2D eigenvalue weighted by Gasteiger charge is 2.35. The molecule has 54 heavy (non-hydrogen) atoms. The van der Waals surface area contributed by atoms with Crippen molar-refractivity contribution in [2.24, 2.45) is 21.1 Å². The summed E-state index contributed by atoms with van der Waals surface area (Å²) < 4.78 is 99.4. The highest BCUT2D eigenvalue weighted by Crippen LogP contribution is 2.31. The summed E-state index contributed by atoms with van der Waals surface area (Å²) in [5, 5.41) is 17.3. The van der Waals surface area contributed by atoms with Gasteiger partial charge in [-0.1, -0.05) is 6.07 Å². The Bertz CT molecular complexity index is 2390. The zero-order valence-corrected chi connectivity index (χ0v) is 28.9. The molecule has 5 aromatic heterocycles. The summed E-state index contributed by atoms with van der Waals surface area (Å²) in [7, 11) is 4.39. The molecule has 1 aromatic carbocycles. The Hall–Kier alpha value is -6.40. The van der Waals surface area contributed by atoms with Crippen LogP contribution in [-0.2, 0) is 46.6 Å². The Labute approximate surface area is 301 Å². The number of alkyl halides is 6. The Morgan fingerprint density at radius 3 is 2.02 bits per heavy atom. The highest BCUT2D eigenvalue weighted by atomic mass is 19.4. The minimum atomic E-state index is -4.71. The van der Waals surface area contributed by atoms with Crippen LogP contribution < -0.4 is 15.2 Å². The number of pyridine rings is 2. The van der Waals surface area contributed by atoms with Crippen molar-refractivity contribution >= 4 is 11.8 Å². The lowest BCUT2D eigenvalue weighted by atomic mass is 10.1. The van der Waals surface area contributed by atoms with Gasteiger partial charge < -0.3 is 10.6 Å². The number of aromatic nitrogens is 8. The first-order valence-electron chi connectivity index (χ1n) is 16.0. The van der Waals surface area contributed by atoms with Crippen molar-refractivity contribution in [2.75, 3.05) is 0 Å². The van der Waals surface area contributed by atoms with Gasteiger partial charge in [-0.05, 0) is 30.3 Å². The molecule has 0 aliphatic heterocycles. The van der Waals surface area contributed by atoms with E-state index in [0.29, 0.717) is 28.8 Å². The lowest BCUT2D eigenvalue weighted by Crippen LogP contribution is -2.35. The van der Waals surface area contributed by atoms with Crippen LogP contribution >= 0.6 is 0 Å². The van der Waals surface area contributed by atoms with Crippen molar-refractivity contribution in [1.82, 2.24) is 45.0 Å². The molecule has 6 rings (SSSR count). The molecule has 6 aromatic rings. The summed E-state index contributed by atoms with van der Waals surface area (Å²) in [6.07, 6.45) is -7.04. The van der Waals surface area contributed by atoms with Gasteiger partial charge >= 0.3 is 12.4 Å². The average molecular weight is 756 g/mol. The number of rotatable bonds is 9. The van der Waals surface area contributed by atoms with Gasteiger partial charge in [0.25, 0.3) is 11.8 Å². The van der Waals surface area contributed by atoms with E-state index in [0.717, 1.165) is 16.9 Å². The van der Waals surface area contributed by atoms with Crippen LogP contribution in [0.5, 0.6) is 0 Å². The van der Waals surface area contributed by atoms with Gasteiger partial charge in [0.2, 0.25) is 11.9 Å². The molecular formula is C35H30F7N10O2+. The lowest BCUT2D eigenvalue weighted by Gasteiger charge is -2.07. The maximum Gasteiger partial charge on any atom is 0.435 e. The van der Waals surface area contributed by atoms with Crippen molar-refractivity contribution in [1.29, 1.82) is 0 Å². The number of aryl methyl sites for hydroxylation is 4. The van der Waals surface area contributed by atoms with Gasteiger partial charge in [-0.2, -0.15) is 50.6 Å². The summed E-state index contributed by atoms with van der Waals surface area (Å²) in [4.78, 5) is 29.1. The standard InChI is InChI=1S/C35H29F7N10O2/c1-19-10-25(28-14-24(50(3)47-28)17-45-33(54)29-15-31(35(40,41)42)48-51(29)4)26(36)18-52(19)22-7-5-6-21(11-22)32(53)44-16-23-13-27(46-49(23)2)20-8-9-43-30(12-20)34(37,38)39/h5-15,18H,16-17H2,1-4H3,(H-,44,45,53,54)/p+1. The van der Waals surface area contributed by atoms with Crippen LogP contribution in [0.25, 0.3) is 28.2 Å². The van der Waals surface area contributed by atoms with Crippen molar-refractivity contribution in [2.45, 2.75) is 32.4 Å². The summed E-state index contributed by atoms with van der Waals surface area (Å²) in [6.45, 7) is 1.62. The molecule has 0 aliphatic carbocycles. The van der Waals surface area contributed by atoms with E-state index >= 15 is 4.39 Å². The second-order valence-electron chi connectivity index (χ2n) is 12.2. The molecule has 280 valence electrons. The Kier molecular flexibility index (Phi) is 9.83. The molecule has 0 unspecified atom stereocenters. The van der Waals surface area contributed by atoms with Crippen molar-refractivity contribution in [3.63, 3.8) is 0 Å². The van der Waals surface area contributed by atoms with E-state index in [1.807, 2.05) is 0 Å². The molecule has 5 heterocycles. The van der Waals surface area contributed by atoms with Gasteiger partial charge in [-0.15, -0.1) is 0 Å². The van der Waals surface area contributed by atoms with E-state index in [1.165, 1.54) is 28.7 Å². The second-order valence-corrected chi connectivity index (χ2v) is 12.2. The van der Waals surface area contributed by atoms with Gasteiger partial charge in [-0.3, -0.25) is 28.6 Å². The number of carbonyl (C=O) groups is 2. The molecule has 12 nitrogen and oxygen atoms in total. The number of benzene rings is 1. The zero-order valence-electron chi connectivity index (χ0n) is 28.9. The number of hydrogen-bond donors (Lipinski definition) is 2. The van der Waals surface area contributed by atoms with Crippen LogP contribution in [0.15, 0.2) is 73.1 Å². The predicted molar refractivity (Wildman–Crippen MR) is 177 cm³/mol. The number of hydrogen-bond acceptors (Lipinski definition) is 6. The molecule has 0 spiro atoms. The summed E-state index contributed by atoms with van der Waals surface area (Å²) in [5.41, 5.74) is 0.603. The minimum absolute atomic E-state index is 0.0112. The highest BCUT2D eigenvalue weighted by molar-refractivity contribution is 5.94. The van der Waals surface area contributed by atoms with E-state index in [-0.39, 0.29) is 46.9 Å². The van der Waals surface area contributed by atoms with E-state index < -0.39 is 41.4 Å². The smallest absolute Gasteiger partial charge is 0.346 e. The maximum absolute atomic E-state index is 15.6. The van der Waals surface area contributed by atoms with E-state index in [2.05, 4.69) is 30.9 Å². The van der Waals surface area contributed by atoms with E-state index in [9.17, 15) is 35.9 Å². The fourth-order valence-corrected chi connectivity index (χ4v) is 5.62. The largest absolute Gasteiger partial charge is 0.435 e. The second kappa shape index (κ2) is 14.2. The van der Waals surface area contributed by atoms with Crippen molar-refractivity contribution in [3.05, 3.63) is 119 Å². The van der Waals surface area contributed by atoms with Crippen LogP contribution in [0.3, 0.4) is 0 Å². The molecular weight excluding hydrogens is 725 g/mol. The molecule has 0 saturated carbocycles. The van der Waals surface area contributed by atoms with Crippen LogP contribution in [0.4, 0.5) is 30.7 Å². The molecule has 0 aliphatic rings. The fourth-order valence-electron chi connectivity index (χ4n) is 5.62. The molecule has 0 saturated heterocycles. The number of nitrogens with one attached hydrogen (secondary N) is 2. The Morgan fingerprint density at radius 2 is 1.37 bits per heavy atom. The molecule has 0 fully saturated rings. The van der Waals surface area contributed by atoms with Crippen LogP contribution in [0, 0.1) is 12.7 Å². The number of halogens is 7. The fraction of sp³-hybridized carbons (Fsp3) is 0.229. The lowest BCUT2D eigenvalue weighted by molar-refractivity contribution is -0.604. The monoisotopic (exact) mass is 755 g/mol. The molecule has 19 heteroatoms. The first kappa shape index (κ1) is 37.4. The van der Waals surface area contributed by atoms with Gasteiger partial charge in [0.15, 0.2) is 17.2 Å². The van der Waals surface area contributed by atoms with Gasteiger partial charge in [0.05, 0.1) is 41.4 Å². The Balaban J connectivity index is 1.14. The topological polar surface area (TPSA) is 128 Å². The quantitative estimate of drug-likeness (QED) is 0.154. The SMILES string of the molecule is Cc1cc(-c2cc(CNC(=O)c3cc(C(F)(F)F)nn3C)n(C)n2)c(F)c[n+]1-c1cccc(C(=O)NCc2cc(-c3ccnc(C(F)(F)F)c3)nn2C)c1. The number of amides is 2. The van der Waals surface area contributed by atoms with Crippen molar-refractivity contribution < 1.29 is 44.9 Å². The predicted octanol–water partition coefficient (Wildman–Crippen LogP) is 5.24. The molecule has 0 bridgehead atoms. The number of carbonyl (C=O) groups excluding carboxylic acids is 2. The van der Waals surface area contributed by atoms with Crippen LogP contribution in [0.1, 0.15) is 49.3 Å². The summed E-state index contributed by atoms with van der Waals surface area (Å²) >= 11 is 0. The molecule has 0 radical (unpaired) electrons. The van der Waals surface area contributed by atoms with Crippen molar-refractivity contribution in [3.8, 4) is 28.2 Å². The first-order chi connectivity index (χ1) is 25.4.